The molecule has 2 aromatic rings. The van der Waals surface area contributed by atoms with Crippen molar-refractivity contribution in [2.45, 2.75) is 33.6 Å². The van der Waals surface area contributed by atoms with Crippen molar-refractivity contribution in [2.24, 2.45) is 7.05 Å². The molecule has 0 N–H and O–H groups in total. The lowest BCUT2D eigenvalue weighted by atomic mass is 10.1. The highest BCUT2D eigenvalue weighted by atomic mass is 79.9. The van der Waals surface area contributed by atoms with Gasteiger partial charge in [-0.15, -0.1) is 0 Å². The molecule has 0 aliphatic heterocycles. The van der Waals surface area contributed by atoms with Crippen molar-refractivity contribution < 1.29 is 8.78 Å². The molecule has 0 spiro atoms. The van der Waals surface area contributed by atoms with Crippen molar-refractivity contribution >= 4 is 15.9 Å². The van der Waals surface area contributed by atoms with Crippen LogP contribution in [0.5, 0.6) is 0 Å². The Morgan fingerprint density at radius 1 is 1.20 bits per heavy atom. The fraction of sp³-hybridized carbons (Fsp3) is 0.429. The summed E-state index contributed by atoms with van der Waals surface area (Å²) in [7, 11) is 1.53. The topological polar surface area (TPSA) is 30.7 Å². The van der Waals surface area contributed by atoms with Gasteiger partial charge in [-0.3, -0.25) is 4.68 Å². The van der Waals surface area contributed by atoms with Crippen LogP contribution in [0.3, 0.4) is 0 Å². The van der Waals surface area contributed by atoms with Crippen LogP contribution in [0, 0.1) is 20.8 Å². The standard InChI is InChI=1S/C14H16BrF2N3/c1-7-6-10(15)9(3)18-11(7)12-8(2)13(14(4,16)17)20(5)19-12/h6H,1-5H3. The van der Waals surface area contributed by atoms with Crippen LogP contribution < -0.4 is 0 Å². The summed E-state index contributed by atoms with van der Waals surface area (Å²) in [4.78, 5) is 4.47. The number of rotatable bonds is 2. The monoisotopic (exact) mass is 343 g/mol. The number of nitrogens with zero attached hydrogens (tertiary/aromatic N) is 3. The second-order valence-corrected chi connectivity index (χ2v) is 5.91. The summed E-state index contributed by atoms with van der Waals surface area (Å²) in [5.74, 6) is -2.93. The highest BCUT2D eigenvalue weighted by Gasteiger charge is 2.33. The van der Waals surface area contributed by atoms with Crippen LogP contribution in [-0.2, 0) is 13.0 Å². The molecular weight excluding hydrogens is 328 g/mol. The number of hydrogen-bond donors (Lipinski definition) is 0. The zero-order valence-electron chi connectivity index (χ0n) is 12.1. The summed E-state index contributed by atoms with van der Waals surface area (Å²) in [6, 6.07) is 1.93. The molecule has 0 amide bonds. The lowest BCUT2D eigenvalue weighted by Gasteiger charge is -2.11. The molecule has 0 radical (unpaired) electrons. The van der Waals surface area contributed by atoms with E-state index in [4.69, 9.17) is 0 Å². The van der Waals surface area contributed by atoms with Gasteiger partial charge in [0.25, 0.3) is 5.92 Å². The summed E-state index contributed by atoms with van der Waals surface area (Å²) >= 11 is 3.41. The Labute approximate surface area is 125 Å². The van der Waals surface area contributed by atoms with Crippen LogP contribution in [0.25, 0.3) is 11.4 Å². The number of alkyl halides is 2. The average molecular weight is 344 g/mol. The predicted molar refractivity (Wildman–Crippen MR) is 77.9 cm³/mol. The van der Waals surface area contributed by atoms with Crippen LogP contribution in [0.15, 0.2) is 10.5 Å². The van der Waals surface area contributed by atoms with Crippen LogP contribution in [0.1, 0.15) is 29.4 Å². The van der Waals surface area contributed by atoms with E-state index in [0.717, 1.165) is 22.7 Å². The molecule has 6 heteroatoms. The number of hydrogen-bond acceptors (Lipinski definition) is 2. The zero-order valence-corrected chi connectivity index (χ0v) is 13.6. The first-order valence-corrected chi connectivity index (χ1v) is 6.98. The lowest BCUT2D eigenvalue weighted by molar-refractivity contribution is 0.00819. The highest BCUT2D eigenvalue weighted by Crippen LogP contribution is 2.35. The van der Waals surface area contributed by atoms with E-state index in [1.807, 2.05) is 19.9 Å². The average Bonchev–Trinajstić information content (AvgIpc) is 2.58. The van der Waals surface area contributed by atoms with Gasteiger partial charge in [-0.1, -0.05) is 0 Å². The Bertz CT molecular complexity index is 672. The van der Waals surface area contributed by atoms with E-state index in [1.165, 1.54) is 11.7 Å². The summed E-state index contributed by atoms with van der Waals surface area (Å²) in [5, 5.41) is 4.24. The molecule has 0 bridgehead atoms. The Morgan fingerprint density at radius 2 is 1.80 bits per heavy atom. The molecule has 3 nitrogen and oxygen atoms in total. The van der Waals surface area contributed by atoms with Gasteiger partial charge < -0.3 is 0 Å². The second kappa shape index (κ2) is 4.91. The van der Waals surface area contributed by atoms with Gasteiger partial charge in [0.15, 0.2) is 0 Å². The molecule has 0 aliphatic carbocycles. The van der Waals surface area contributed by atoms with Gasteiger partial charge >= 0.3 is 0 Å². The highest BCUT2D eigenvalue weighted by molar-refractivity contribution is 9.10. The molecule has 0 saturated carbocycles. The van der Waals surface area contributed by atoms with Crippen molar-refractivity contribution in [1.82, 2.24) is 14.8 Å². The molecular formula is C14H16BrF2N3. The van der Waals surface area contributed by atoms with Crippen LogP contribution in [0.2, 0.25) is 0 Å². The largest absolute Gasteiger partial charge is 0.286 e. The third-order valence-corrected chi connectivity index (χ3v) is 4.07. The van der Waals surface area contributed by atoms with Gasteiger partial charge in [-0.2, -0.15) is 13.9 Å². The molecule has 0 aliphatic rings. The van der Waals surface area contributed by atoms with Gasteiger partial charge in [0, 0.05) is 24.0 Å². The minimum Gasteiger partial charge on any atom is -0.266 e. The molecule has 2 rings (SSSR count). The third-order valence-electron chi connectivity index (χ3n) is 3.27. The molecule has 2 aromatic heterocycles. The van der Waals surface area contributed by atoms with Crippen LogP contribution in [0.4, 0.5) is 8.78 Å². The maximum atomic E-state index is 13.7. The number of halogens is 3. The molecule has 0 unspecified atom stereocenters. The number of aromatic nitrogens is 3. The quantitative estimate of drug-likeness (QED) is 0.814. The lowest BCUT2D eigenvalue weighted by Crippen LogP contribution is -2.14. The molecule has 108 valence electrons. The van der Waals surface area contributed by atoms with Gasteiger partial charge in [0.1, 0.15) is 11.4 Å². The molecule has 0 aromatic carbocycles. The molecule has 0 saturated heterocycles. The summed E-state index contributed by atoms with van der Waals surface area (Å²) < 4.78 is 29.5. The van der Waals surface area contributed by atoms with Crippen molar-refractivity contribution in [1.29, 1.82) is 0 Å². The van der Waals surface area contributed by atoms with E-state index in [1.54, 1.807) is 6.92 Å². The van der Waals surface area contributed by atoms with E-state index in [2.05, 4.69) is 26.0 Å². The number of pyridine rings is 1. The maximum Gasteiger partial charge on any atom is 0.286 e. The Morgan fingerprint density at radius 3 is 2.30 bits per heavy atom. The Kier molecular flexibility index (Phi) is 3.71. The maximum absolute atomic E-state index is 13.7. The first-order chi connectivity index (χ1) is 9.12. The van der Waals surface area contributed by atoms with Crippen LogP contribution >= 0.6 is 15.9 Å². The number of aryl methyl sites for hydroxylation is 3. The molecule has 2 heterocycles. The molecule has 0 atom stereocenters. The zero-order chi connectivity index (χ0) is 15.2. The smallest absolute Gasteiger partial charge is 0.266 e. The predicted octanol–water partition coefficient (Wildman–Crippen LogP) is 4.28. The second-order valence-electron chi connectivity index (χ2n) is 5.06. The first-order valence-electron chi connectivity index (χ1n) is 6.19. The van der Waals surface area contributed by atoms with Crippen molar-refractivity contribution in [3.8, 4) is 11.4 Å². The molecule has 20 heavy (non-hydrogen) atoms. The SMILES string of the molecule is Cc1cc(Br)c(C)nc1-c1nn(C)c(C(C)(F)F)c1C. The van der Waals surface area contributed by atoms with E-state index in [9.17, 15) is 8.78 Å². The van der Waals surface area contributed by atoms with Crippen molar-refractivity contribution in [2.75, 3.05) is 0 Å². The summed E-state index contributed by atoms with van der Waals surface area (Å²) in [6.45, 7) is 6.30. The van der Waals surface area contributed by atoms with Crippen molar-refractivity contribution in [3.63, 3.8) is 0 Å². The van der Waals surface area contributed by atoms with Gasteiger partial charge in [-0.25, -0.2) is 4.98 Å². The van der Waals surface area contributed by atoms with E-state index < -0.39 is 5.92 Å². The van der Waals surface area contributed by atoms with Gasteiger partial charge in [-0.05, 0) is 48.3 Å². The Hall–Kier alpha value is -1.30. The fourth-order valence-electron chi connectivity index (χ4n) is 2.38. The molecule has 0 fully saturated rings. The third kappa shape index (κ3) is 2.49. The van der Waals surface area contributed by atoms with E-state index >= 15 is 0 Å². The Balaban J connectivity index is 2.70. The summed E-state index contributed by atoms with van der Waals surface area (Å²) in [5.41, 5.74) is 3.26. The normalized spacial score (nSPS) is 12.0. The van der Waals surface area contributed by atoms with Crippen molar-refractivity contribution in [3.05, 3.63) is 33.1 Å². The van der Waals surface area contributed by atoms with E-state index in [0.29, 0.717) is 17.0 Å². The minimum atomic E-state index is -2.93. The van der Waals surface area contributed by atoms with Gasteiger partial charge in [0.05, 0.1) is 11.4 Å². The van der Waals surface area contributed by atoms with Crippen LogP contribution in [-0.4, -0.2) is 14.8 Å². The van der Waals surface area contributed by atoms with Gasteiger partial charge in [0.2, 0.25) is 0 Å². The van der Waals surface area contributed by atoms with E-state index in [-0.39, 0.29) is 5.69 Å². The summed E-state index contributed by atoms with van der Waals surface area (Å²) in [6.07, 6.45) is 0. The first kappa shape index (κ1) is 15.1. The fourth-order valence-corrected chi connectivity index (χ4v) is 2.81. The minimum absolute atomic E-state index is 0.0747.